The van der Waals surface area contributed by atoms with Crippen LogP contribution in [-0.2, 0) is 0 Å². The van der Waals surface area contributed by atoms with Crippen molar-refractivity contribution in [1.82, 2.24) is 5.32 Å². The Morgan fingerprint density at radius 2 is 2.08 bits per heavy atom. The smallest absolute Gasteiger partial charge is 0.00175 e. The number of allylic oxidation sites excluding steroid dienone is 3. The van der Waals surface area contributed by atoms with Gasteiger partial charge in [-0.05, 0) is 30.7 Å². The van der Waals surface area contributed by atoms with Gasteiger partial charge in [-0.3, -0.25) is 0 Å². The van der Waals surface area contributed by atoms with Crippen LogP contribution in [0.15, 0.2) is 24.3 Å². The summed E-state index contributed by atoms with van der Waals surface area (Å²) in [4.78, 5) is 0. The molecule has 0 aromatic rings. The molecule has 66 valence electrons. The maximum absolute atomic E-state index is 3.45. The first-order valence-corrected chi connectivity index (χ1v) is 4.92. The normalized spacial score (nSPS) is 45.9. The van der Waals surface area contributed by atoms with E-state index in [9.17, 15) is 0 Å². The standard InChI is InChI=1S/C11H17N/c1-9-3-2-4-10-7-12-8-11(10)6-5-9/h2-3,5-6,9-12H,4,7-8H2,1H3/b3-2-,6-5-/t9-,10-,11+/m0/s1. The molecule has 0 amide bonds. The van der Waals surface area contributed by atoms with Gasteiger partial charge in [-0.2, -0.15) is 0 Å². The highest BCUT2D eigenvalue weighted by molar-refractivity contribution is 5.07. The molecule has 1 aliphatic carbocycles. The molecule has 0 aromatic heterocycles. The fourth-order valence-electron chi connectivity index (χ4n) is 2.09. The van der Waals surface area contributed by atoms with E-state index in [1.807, 2.05) is 0 Å². The summed E-state index contributed by atoms with van der Waals surface area (Å²) in [7, 11) is 0. The van der Waals surface area contributed by atoms with Crippen LogP contribution < -0.4 is 5.32 Å². The molecular weight excluding hydrogens is 146 g/mol. The first-order valence-electron chi connectivity index (χ1n) is 4.92. The summed E-state index contributed by atoms with van der Waals surface area (Å²) in [6.45, 7) is 4.63. The number of hydrogen-bond donors (Lipinski definition) is 1. The van der Waals surface area contributed by atoms with Gasteiger partial charge in [0.25, 0.3) is 0 Å². The average Bonchev–Trinajstić information content (AvgIpc) is 2.45. The van der Waals surface area contributed by atoms with Crippen molar-refractivity contribution in [2.75, 3.05) is 13.1 Å². The fourth-order valence-corrected chi connectivity index (χ4v) is 2.09. The molecule has 0 aromatic carbocycles. The molecule has 1 nitrogen and oxygen atoms in total. The highest BCUT2D eigenvalue weighted by Gasteiger charge is 2.24. The second-order valence-electron chi connectivity index (χ2n) is 3.99. The minimum atomic E-state index is 0.631. The molecule has 2 rings (SSSR count). The van der Waals surface area contributed by atoms with Crippen LogP contribution in [0.1, 0.15) is 13.3 Å². The van der Waals surface area contributed by atoms with Crippen molar-refractivity contribution < 1.29 is 0 Å². The van der Waals surface area contributed by atoms with Crippen molar-refractivity contribution in [3.8, 4) is 0 Å². The lowest BCUT2D eigenvalue weighted by molar-refractivity contribution is 0.494. The molecule has 0 spiro atoms. The van der Waals surface area contributed by atoms with E-state index in [0.29, 0.717) is 5.92 Å². The molecule has 1 aliphatic heterocycles. The predicted molar refractivity (Wildman–Crippen MR) is 51.9 cm³/mol. The number of hydrogen-bond acceptors (Lipinski definition) is 1. The Morgan fingerprint density at radius 3 is 3.00 bits per heavy atom. The van der Waals surface area contributed by atoms with Gasteiger partial charge in [0.1, 0.15) is 0 Å². The lowest BCUT2D eigenvalue weighted by Crippen LogP contribution is -2.10. The van der Waals surface area contributed by atoms with Crippen LogP contribution in [0.4, 0.5) is 0 Å². The summed E-state index contributed by atoms with van der Waals surface area (Å²) in [6.07, 6.45) is 10.6. The van der Waals surface area contributed by atoms with Gasteiger partial charge in [0.05, 0.1) is 0 Å². The Hall–Kier alpha value is -0.560. The third kappa shape index (κ3) is 1.61. The molecule has 1 N–H and O–H groups in total. The molecule has 0 saturated carbocycles. The van der Waals surface area contributed by atoms with Crippen molar-refractivity contribution in [1.29, 1.82) is 0 Å². The molecule has 12 heavy (non-hydrogen) atoms. The number of fused-ring (bicyclic) bond motifs is 1. The molecule has 1 saturated heterocycles. The van der Waals surface area contributed by atoms with Gasteiger partial charge in [0, 0.05) is 6.54 Å². The van der Waals surface area contributed by atoms with E-state index < -0.39 is 0 Å². The third-order valence-electron chi connectivity index (χ3n) is 2.93. The molecule has 0 radical (unpaired) electrons. The zero-order chi connectivity index (χ0) is 8.39. The van der Waals surface area contributed by atoms with Crippen molar-refractivity contribution >= 4 is 0 Å². The predicted octanol–water partition coefficient (Wildman–Crippen LogP) is 1.97. The van der Waals surface area contributed by atoms with Gasteiger partial charge >= 0.3 is 0 Å². The van der Waals surface area contributed by atoms with Crippen molar-refractivity contribution in [3.63, 3.8) is 0 Å². The molecule has 0 unspecified atom stereocenters. The molecular formula is C11H17N. The van der Waals surface area contributed by atoms with Gasteiger partial charge in [0.2, 0.25) is 0 Å². The Labute approximate surface area is 74.5 Å². The van der Waals surface area contributed by atoms with Crippen LogP contribution in [0.5, 0.6) is 0 Å². The Morgan fingerprint density at radius 1 is 1.17 bits per heavy atom. The maximum Gasteiger partial charge on any atom is 0.00175 e. The summed E-state index contributed by atoms with van der Waals surface area (Å²) in [5, 5.41) is 3.45. The quantitative estimate of drug-likeness (QED) is 0.538. The van der Waals surface area contributed by atoms with E-state index in [-0.39, 0.29) is 0 Å². The lowest BCUT2D eigenvalue weighted by atomic mass is 9.89. The topological polar surface area (TPSA) is 12.0 Å². The van der Waals surface area contributed by atoms with E-state index in [1.54, 1.807) is 0 Å². The molecule has 3 atom stereocenters. The van der Waals surface area contributed by atoms with E-state index in [4.69, 9.17) is 0 Å². The van der Waals surface area contributed by atoms with Gasteiger partial charge < -0.3 is 5.32 Å². The Bertz CT molecular complexity index is 205. The van der Waals surface area contributed by atoms with E-state index >= 15 is 0 Å². The maximum atomic E-state index is 3.45. The minimum Gasteiger partial charge on any atom is -0.316 e. The highest BCUT2D eigenvalue weighted by Crippen LogP contribution is 2.24. The van der Waals surface area contributed by atoms with Gasteiger partial charge in [-0.15, -0.1) is 0 Å². The second kappa shape index (κ2) is 3.44. The van der Waals surface area contributed by atoms with Gasteiger partial charge in [-0.25, -0.2) is 0 Å². The molecule has 1 heteroatoms. The van der Waals surface area contributed by atoms with Crippen LogP contribution in [-0.4, -0.2) is 13.1 Å². The number of rotatable bonds is 0. The highest BCUT2D eigenvalue weighted by atomic mass is 14.9. The Balaban J connectivity index is 2.09. The summed E-state index contributed by atoms with van der Waals surface area (Å²) in [5.74, 6) is 2.27. The third-order valence-corrected chi connectivity index (χ3v) is 2.93. The summed E-state index contributed by atoms with van der Waals surface area (Å²) < 4.78 is 0. The minimum absolute atomic E-state index is 0.631. The lowest BCUT2D eigenvalue weighted by Gasteiger charge is -2.15. The van der Waals surface area contributed by atoms with Crippen molar-refractivity contribution in [3.05, 3.63) is 24.3 Å². The van der Waals surface area contributed by atoms with E-state index in [2.05, 4.69) is 36.5 Å². The summed E-state index contributed by atoms with van der Waals surface area (Å²) in [6, 6.07) is 0. The first-order chi connectivity index (χ1) is 5.86. The van der Waals surface area contributed by atoms with Gasteiger partial charge in [-0.1, -0.05) is 31.2 Å². The van der Waals surface area contributed by atoms with Crippen LogP contribution in [0, 0.1) is 17.8 Å². The van der Waals surface area contributed by atoms with Crippen molar-refractivity contribution in [2.24, 2.45) is 17.8 Å². The molecule has 0 bridgehead atoms. The first kappa shape index (κ1) is 8.06. The van der Waals surface area contributed by atoms with E-state index in [1.165, 1.54) is 19.5 Å². The van der Waals surface area contributed by atoms with Crippen LogP contribution in [0.2, 0.25) is 0 Å². The van der Waals surface area contributed by atoms with Crippen LogP contribution >= 0.6 is 0 Å². The molecule has 1 fully saturated rings. The Kier molecular flexibility index (Phi) is 2.31. The fraction of sp³-hybridized carbons (Fsp3) is 0.636. The summed E-state index contributed by atoms with van der Waals surface area (Å²) >= 11 is 0. The average molecular weight is 163 g/mol. The monoisotopic (exact) mass is 163 g/mol. The molecule has 1 heterocycles. The number of nitrogens with one attached hydrogen (secondary N) is 1. The SMILES string of the molecule is C[C@H]1/C=C\C[C@H]2CNC[C@H]2/C=C\1. The zero-order valence-corrected chi connectivity index (χ0v) is 7.66. The van der Waals surface area contributed by atoms with Crippen molar-refractivity contribution in [2.45, 2.75) is 13.3 Å². The zero-order valence-electron chi connectivity index (χ0n) is 7.66. The largest absolute Gasteiger partial charge is 0.316 e. The molecule has 2 aliphatic rings. The van der Waals surface area contributed by atoms with Gasteiger partial charge in [0.15, 0.2) is 0 Å². The summed E-state index contributed by atoms with van der Waals surface area (Å²) in [5.41, 5.74) is 0. The second-order valence-corrected chi connectivity index (χ2v) is 3.99. The van der Waals surface area contributed by atoms with E-state index in [0.717, 1.165) is 11.8 Å². The van der Waals surface area contributed by atoms with Crippen LogP contribution in [0.25, 0.3) is 0 Å². The van der Waals surface area contributed by atoms with Crippen LogP contribution in [0.3, 0.4) is 0 Å².